The van der Waals surface area contributed by atoms with Crippen LogP contribution < -0.4 is 5.73 Å². The van der Waals surface area contributed by atoms with Crippen LogP contribution in [-0.4, -0.2) is 19.6 Å². The zero-order valence-corrected chi connectivity index (χ0v) is 9.48. The first kappa shape index (κ1) is 11.1. The average molecular weight is 219 g/mol. The summed E-state index contributed by atoms with van der Waals surface area (Å²) in [5.74, 6) is 0.176. The lowest BCUT2D eigenvalue weighted by molar-refractivity contribution is -0.142. The average Bonchev–Trinajstić information content (AvgIpc) is 2.68. The Morgan fingerprint density at radius 1 is 1.44 bits per heavy atom. The van der Waals surface area contributed by atoms with Gasteiger partial charge in [0.25, 0.3) is 0 Å². The molecule has 0 saturated heterocycles. The third kappa shape index (κ3) is 1.83. The largest absolute Gasteiger partial charge is 0.469 e. The maximum Gasteiger partial charge on any atom is 0.313 e. The highest BCUT2D eigenvalue weighted by atomic mass is 16.5. The summed E-state index contributed by atoms with van der Waals surface area (Å²) >= 11 is 0. The highest BCUT2D eigenvalue weighted by molar-refractivity contribution is 5.80. The van der Waals surface area contributed by atoms with E-state index in [9.17, 15) is 4.79 Å². The molecule has 2 rings (SSSR count). The SMILES string of the molecule is COC(=O)C1CC(CCN)c2ccccc21. The Hall–Kier alpha value is -1.35. The monoisotopic (exact) mass is 219 g/mol. The van der Waals surface area contributed by atoms with E-state index in [0.29, 0.717) is 12.5 Å². The summed E-state index contributed by atoms with van der Waals surface area (Å²) in [5.41, 5.74) is 7.99. The number of methoxy groups -OCH3 is 1. The van der Waals surface area contributed by atoms with Crippen LogP contribution in [0.4, 0.5) is 0 Å². The van der Waals surface area contributed by atoms with Gasteiger partial charge in [-0.3, -0.25) is 4.79 Å². The van der Waals surface area contributed by atoms with Gasteiger partial charge in [0.1, 0.15) is 0 Å². The number of esters is 1. The predicted octanol–water partition coefficient (Wildman–Crippen LogP) is 1.78. The lowest BCUT2D eigenvalue weighted by Gasteiger charge is -2.09. The molecule has 2 atom stereocenters. The first-order chi connectivity index (χ1) is 7.77. The van der Waals surface area contributed by atoms with Gasteiger partial charge in [0, 0.05) is 0 Å². The summed E-state index contributed by atoms with van der Waals surface area (Å²) in [6, 6.07) is 8.10. The van der Waals surface area contributed by atoms with Crippen molar-refractivity contribution >= 4 is 5.97 Å². The molecular formula is C13H17NO2. The predicted molar refractivity (Wildman–Crippen MR) is 62.2 cm³/mol. The van der Waals surface area contributed by atoms with Crippen molar-refractivity contribution in [2.45, 2.75) is 24.7 Å². The van der Waals surface area contributed by atoms with Gasteiger partial charge in [0.2, 0.25) is 0 Å². The number of benzene rings is 1. The van der Waals surface area contributed by atoms with E-state index in [2.05, 4.69) is 6.07 Å². The Morgan fingerprint density at radius 3 is 2.75 bits per heavy atom. The summed E-state index contributed by atoms with van der Waals surface area (Å²) in [4.78, 5) is 11.7. The van der Waals surface area contributed by atoms with E-state index in [1.54, 1.807) is 0 Å². The van der Waals surface area contributed by atoms with Gasteiger partial charge in [-0.2, -0.15) is 0 Å². The van der Waals surface area contributed by atoms with Crippen LogP contribution in [-0.2, 0) is 9.53 Å². The molecule has 0 heterocycles. The fourth-order valence-corrected chi connectivity index (χ4v) is 2.58. The number of nitrogens with two attached hydrogens (primary N) is 1. The van der Waals surface area contributed by atoms with E-state index in [4.69, 9.17) is 10.5 Å². The van der Waals surface area contributed by atoms with Crippen LogP contribution in [0, 0.1) is 0 Å². The van der Waals surface area contributed by atoms with Crippen LogP contribution in [0.25, 0.3) is 0 Å². The Kier molecular flexibility index (Phi) is 3.25. The molecule has 0 amide bonds. The Morgan fingerprint density at radius 2 is 2.12 bits per heavy atom. The van der Waals surface area contributed by atoms with Gasteiger partial charge in [0.15, 0.2) is 0 Å². The second-order valence-corrected chi connectivity index (χ2v) is 4.21. The van der Waals surface area contributed by atoms with Gasteiger partial charge < -0.3 is 10.5 Å². The molecule has 2 unspecified atom stereocenters. The number of hydrogen-bond donors (Lipinski definition) is 1. The van der Waals surface area contributed by atoms with Gasteiger partial charge in [-0.15, -0.1) is 0 Å². The number of ether oxygens (including phenoxy) is 1. The van der Waals surface area contributed by atoms with Crippen molar-refractivity contribution in [3.05, 3.63) is 35.4 Å². The first-order valence-electron chi connectivity index (χ1n) is 5.64. The van der Waals surface area contributed by atoms with E-state index < -0.39 is 0 Å². The van der Waals surface area contributed by atoms with Crippen LogP contribution in [0.5, 0.6) is 0 Å². The van der Waals surface area contributed by atoms with Crippen molar-refractivity contribution in [2.24, 2.45) is 5.73 Å². The molecule has 0 radical (unpaired) electrons. The van der Waals surface area contributed by atoms with Crippen LogP contribution in [0.2, 0.25) is 0 Å². The van der Waals surface area contributed by atoms with Gasteiger partial charge in [-0.05, 0) is 36.4 Å². The number of carbonyl (C=O) groups is 1. The molecule has 16 heavy (non-hydrogen) atoms. The van der Waals surface area contributed by atoms with Crippen LogP contribution in [0.15, 0.2) is 24.3 Å². The van der Waals surface area contributed by atoms with E-state index >= 15 is 0 Å². The molecule has 3 heteroatoms. The third-order valence-electron chi connectivity index (χ3n) is 3.33. The van der Waals surface area contributed by atoms with Crippen molar-refractivity contribution in [1.82, 2.24) is 0 Å². The molecule has 1 aliphatic carbocycles. The van der Waals surface area contributed by atoms with Crippen molar-refractivity contribution in [1.29, 1.82) is 0 Å². The Balaban J connectivity index is 2.31. The molecule has 0 saturated carbocycles. The van der Waals surface area contributed by atoms with Gasteiger partial charge in [0.05, 0.1) is 13.0 Å². The minimum absolute atomic E-state index is 0.0993. The fourth-order valence-electron chi connectivity index (χ4n) is 2.58. The van der Waals surface area contributed by atoms with Crippen molar-refractivity contribution in [3.63, 3.8) is 0 Å². The minimum Gasteiger partial charge on any atom is -0.469 e. The molecule has 3 nitrogen and oxygen atoms in total. The number of carbonyl (C=O) groups excluding carboxylic acids is 1. The van der Waals surface area contributed by atoms with Gasteiger partial charge in [-0.1, -0.05) is 24.3 Å². The minimum atomic E-state index is -0.132. The summed E-state index contributed by atoms with van der Waals surface area (Å²) in [6.07, 6.45) is 1.77. The van der Waals surface area contributed by atoms with E-state index in [0.717, 1.165) is 18.4 Å². The van der Waals surface area contributed by atoms with Crippen molar-refractivity contribution in [3.8, 4) is 0 Å². The molecule has 1 aliphatic rings. The molecule has 1 aromatic carbocycles. The summed E-state index contributed by atoms with van der Waals surface area (Å²) in [7, 11) is 1.45. The maximum absolute atomic E-state index is 11.7. The van der Waals surface area contributed by atoms with Gasteiger partial charge >= 0.3 is 5.97 Å². The number of fused-ring (bicyclic) bond motifs is 1. The van der Waals surface area contributed by atoms with E-state index in [1.807, 2.05) is 18.2 Å². The van der Waals surface area contributed by atoms with Crippen LogP contribution in [0.1, 0.15) is 35.8 Å². The van der Waals surface area contributed by atoms with Gasteiger partial charge in [-0.25, -0.2) is 0 Å². The second-order valence-electron chi connectivity index (χ2n) is 4.21. The van der Waals surface area contributed by atoms with Crippen LogP contribution in [0.3, 0.4) is 0 Å². The highest BCUT2D eigenvalue weighted by Crippen LogP contribution is 2.43. The van der Waals surface area contributed by atoms with Crippen LogP contribution >= 0.6 is 0 Å². The molecule has 0 fully saturated rings. The Labute approximate surface area is 95.6 Å². The first-order valence-corrected chi connectivity index (χ1v) is 5.64. The summed E-state index contributed by atoms with van der Waals surface area (Å²) in [5, 5.41) is 0. The molecule has 0 bridgehead atoms. The quantitative estimate of drug-likeness (QED) is 0.788. The molecule has 2 N–H and O–H groups in total. The lowest BCUT2D eigenvalue weighted by atomic mass is 9.98. The Bertz CT molecular complexity index is 389. The van der Waals surface area contributed by atoms with Crippen molar-refractivity contribution < 1.29 is 9.53 Å². The molecule has 86 valence electrons. The molecule has 1 aromatic rings. The summed E-state index contributed by atoms with van der Waals surface area (Å²) in [6.45, 7) is 0.660. The molecular weight excluding hydrogens is 202 g/mol. The zero-order chi connectivity index (χ0) is 11.5. The van der Waals surface area contributed by atoms with E-state index in [1.165, 1.54) is 12.7 Å². The highest BCUT2D eigenvalue weighted by Gasteiger charge is 2.35. The number of rotatable bonds is 3. The molecule has 0 aliphatic heterocycles. The standard InChI is InChI=1S/C13H17NO2/c1-16-13(15)12-8-9(6-7-14)10-4-2-3-5-11(10)12/h2-5,9,12H,6-8,14H2,1H3. The fraction of sp³-hybridized carbons (Fsp3) is 0.462. The van der Waals surface area contributed by atoms with E-state index in [-0.39, 0.29) is 11.9 Å². The normalized spacial score (nSPS) is 22.9. The third-order valence-corrected chi connectivity index (χ3v) is 3.33. The smallest absolute Gasteiger partial charge is 0.313 e. The molecule has 0 spiro atoms. The zero-order valence-electron chi connectivity index (χ0n) is 9.48. The maximum atomic E-state index is 11.7. The summed E-state index contributed by atoms with van der Waals surface area (Å²) < 4.78 is 4.85. The lowest BCUT2D eigenvalue weighted by Crippen LogP contribution is -2.12. The topological polar surface area (TPSA) is 52.3 Å². The number of hydrogen-bond acceptors (Lipinski definition) is 3. The second kappa shape index (κ2) is 4.66. The van der Waals surface area contributed by atoms with Crippen molar-refractivity contribution in [2.75, 3.05) is 13.7 Å². The molecule has 0 aromatic heterocycles.